The van der Waals surface area contributed by atoms with Gasteiger partial charge in [-0.15, -0.1) is 5.01 Å². The van der Waals surface area contributed by atoms with Gasteiger partial charge in [0.05, 0.1) is 38.9 Å². The Hall–Kier alpha value is -5.98. The van der Waals surface area contributed by atoms with E-state index in [-0.39, 0.29) is 51.9 Å². The summed E-state index contributed by atoms with van der Waals surface area (Å²) in [6.45, 7) is 1.21. The van der Waals surface area contributed by atoms with E-state index in [0.29, 0.717) is 12.0 Å². The van der Waals surface area contributed by atoms with Gasteiger partial charge in [0.25, 0.3) is 21.8 Å². The molecular formula is C32H28F3N7O8S. The van der Waals surface area contributed by atoms with Gasteiger partial charge in [-0.05, 0) is 62.2 Å². The zero-order chi connectivity index (χ0) is 36.5. The first-order chi connectivity index (χ1) is 24.2. The van der Waals surface area contributed by atoms with Crippen molar-refractivity contribution in [3.63, 3.8) is 0 Å². The fourth-order valence-corrected chi connectivity index (χ4v) is 6.35. The zero-order valence-electron chi connectivity index (χ0n) is 26.6. The van der Waals surface area contributed by atoms with Gasteiger partial charge in [-0.1, -0.05) is 42.0 Å². The lowest BCUT2D eigenvalue weighted by molar-refractivity contribution is -0.714. The molecule has 0 radical (unpaired) electrons. The van der Waals surface area contributed by atoms with Crippen molar-refractivity contribution >= 4 is 27.9 Å². The van der Waals surface area contributed by atoms with E-state index >= 15 is 0 Å². The highest BCUT2D eigenvalue weighted by Gasteiger charge is 2.37. The quantitative estimate of drug-likeness (QED) is 0.109. The first kappa shape index (κ1) is 34.9. The van der Waals surface area contributed by atoms with Gasteiger partial charge in [0.15, 0.2) is 5.69 Å². The standard InChI is InChI=1S/C32H28F3N7O8S/c1-20-8-10-21(11-9-20)27-17-28(32(33,34)35)36-41(27)22-12-14-24(15-13-22)51(47,48)37-31(45)50-23-5-4-16-39(18-23)42(46)38-49-19-40-29(43)25-6-2-3-7-26(25)30(40)44/h2-3,6-15,17,23H,4-5,16,18-19H2,1H3,(H,37,45). The predicted molar refractivity (Wildman–Crippen MR) is 169 cm³/mol. The van der Waals surface area contributed by atoms with E-state index in [0.717, 1.165) is 38.4 Å². The average molecular weight is 728 g/mol. The number of carbonyl (C=O) groups excluding carboxylic acids is 3. The maximum atomic E-state index is 13.6. The van der Waals surface area contributed by atoms with Crippen LogP contribution in [0.4, 0.5) is 18.0 Å². The van der Waals surface area contributed by atoms with Gasteiger partial charge in [-0.25, -0.2) is 27.5 Å². The van der Waals surface area contributed by atoms with Crippen molar-refractivity contribution in [3.8, 4) is 16.9 Å². The first-order valence-electron chi connectivity index (χ1n) is 15.3. The lowest BCUT2D eigenvalue weighted by Gasteiger charge is -2.28. The lowest BCUT2D eigenvalue weighted by Crippen LogP contribution is -2.45. The van der Waals surface area contributed by atoms with Crippen LogP contribution in [-0.4, -0.2) is 76.9 Å². The minimum absolute atomic E-state index is 0.0748. The molecule has 0 spiro atoms. The van der Waals surface area contributed by atoms with Crippen molar-refractivity contribution in [2.45, 2.75) is 36.9 Å². The molecule has 1 fully saturated rings. The van der Waals surface area contributed by atoms with Crippen LogP contribution in [0.25, 0.3) is 16.9 Å². The molecule has 1 saturated heterocycles. The number of nitrogens with zero attached hydrogens (tertiary/aromatic N) is 6. The normalized spacial score (nSPS) is 16.6. The Morgan fingerprint density at radius 1 is 1.04 bits per heavy atom. The fraction of sp³-hybridized carbons (Fsp3) is 0.250. The highest BCUT2D eigenvalue weighted by molar-refractivity contribution is 7.90. The number of benzene rings is 3. The van der Waals surface area contributed by atoms with Crippen LogP contribution in [0.3, 0.4) is 0 Å². The zero-order valence-corrected chi connectivity index (χ0v) is 27.4. The summed E-state index contributed by atoms with van der Waals surface area (Å²) in [5.41, 5.74) is 0.864. The number of hydrogen-bond donors (Lipinski definition) is 1. The summed E-state index contributed by atoms with van der Waals surface area (Å²) in [6.07, 6.45) is -6.35. The molecule has 1 aromatic heterocycles. The highest BCUT2D eigenvalue weighted by Crippen LogP contribution is 2.33. The molecule has 3 amide bonds. The Kier molecular flexibility index (Phi) is 9.39. The Morgan fingerprint density at radius 2 is 1.69 bits per heavy atom. The van der Waals surface area contributed by atoms with Gasteiger partial charge >= 0.3 is 12.3 Å². The summed E-state index contributed by atoms with van der Waals surface area (Å²) in [5.74, 6) is -1.20. The summed E-state index contributed by atoms with van der Waals surface area (Å²) in [4.78, 5) is 42.9. The largest absolute Gasteiger partial charge is 0.569 e. The molecule has 19 heteroatoms. The van der Waals surface area contributed by atoms with Crippen molar-refractivity contribution in [1.29, 1.82) is 0 Å². The molecule has 0 saturated carbocycles. The Labute approximate surface area is 288 Å². The van der Waals surface area contributed by atoms with Crippen LogP contribution < -0.4 is 4.72 Å². The van der Waals surface area contributed by atoms with Crippen LogP contribution in [0.5, 0.6) is 0 Å². The van der Waals surface area contributed by atoms with Crippen molar-refractivity contribution in [3.05, 3.63) is 106 Å². The van der Waals surface area contributed by atoms with Gasteiger partial charge in [0.2, 0.25) is 12.0 Å². The van der Waals surface area contributed by atoms with Gasteiger partial charge in [-0.3, -0.25) is 9.59 Å². The Bertz CT molecular complexity index is 2090. The number of carbonyl (C=O) groups is 3. The maximum Gasteiger partial charge on any atom is 0.435 e. The number of halogens is 3. The number of hydrazine groups is 1. The number of aryl methyl sites for hydroxylation is 1. The summed E-state index contributed by atoms with van der Waals surface area (Å²) in [5, 5.41) is 20.7. The van der Waals surface area contributed by atoms with E-state index in [1.54, 1.807) is 41.1 Å². The molecule has 3 heterocycles. The monoisotopic (exact) mass is 727 g/mol. The maximum absolute atomic E-state index is 13.6. The molecular weight excluding hydrogens is 699 g/mol. The van der Waals surface area contributed by atoms with Gasteiger partial charge in [-0.2, -0.15) is 18.3 Å². The summed E-state index contributed by atoms with van der Waals surface area (Å²) < 4.78 is 74.7. The number of fused-ring (bicyclic) bond motifs is 1. The minimum Gasteiger partial charge on any atom is -0.569 e. The number of alkyl halides is 3. The number of hydrogen-bond acceptors (Lipinski definition) is 10. The second-order valence-corrected chi connectivity index (χ2v) is 13.2. The number of sulfonamides is 1. The number of amides is 3. The lowest BCUT2D eigenvalue weighted by atomic mass is 10.1. The second-order valence-electron chi connectivity index (χ2n) is 11.5. The van der Waals surface area contributed by atoms with Crippen molar-refractivity contribution in [2.75, 3.05) is 19.8 Å². The minimum atomic E-state index is -4.73. The van der Waals surface area contributed by atoms with Crippen molar-refractivity contribution < 1.29 is 50.5 Å². The number of imide groups is 1. The summed E-state index contributed by atoms with van der Waals surface area (Å²) >= 11 is 0. The van der Waals surface area contributed by atoms with E-state index in [2.05, 4.69) is 10.4 Å². The predicted octanol–water partition coefficient (Wildman–Crippen LogP) is 4.81. The molecule has 4 aromatic rings. The first-order valence-corrected chi connectivity index (χ1v) is 16.8. The van der Waals surface area contributed by atoms with Crippen LogP contribution in [0.15, 0.2) is 89.0 Å². The molecule has 1 unspecified atom stereocenters. The molecule has 1 atom stereocenters. The number of aromatic nitrogens is 2. The number of rotatable bonds is 9. The van der Waals surface area contributed by atoms with Crippen LogP contribution in [0, 0.1) is 12.1 Å². The van der Waals surface area contributed by atoms with E-state index in [4.69, 9.17) is 9.57 Å². The fourth-order valence-electron chi connectivity index (χ4n) is 5.47. The van der Waals surface area contributed by atoms with E-state index < -0.39 is 52.6 Å². The van der Waals surface area contributed by atoms with Gasteiger partial charge in [0.1, 0.15) is 12.6 Å². The third-order valence-electron chi connectivity index (χ3n) is 8.02. The third kappa shape index (κ3) is 7.47. The smallest absolute Gasteiger partial charge is 0.435 e. The summed E-state index contributed by atoms with van der Waals surface area (Å²) in [7, 11) is -4.49. The van der Waals surface area contributed by atoms with Crippen molar-refractivity contribution in [1.82, 2.24) is 24.4 Å². The number of piperidine rings is 1. The molecule has 0 aliphatic carbocycles. The van der Waals surface area contributed by atoms with E-state index in [1.807, 2.05) is 6.92 Å². The van der Waals surface area contributed by atoms with Gasteiger partial charge in [0, 0.05) is 5.56 Å². The van der Waals surface area contributed by atoms with E-state index in [1.165, 1.54) is 24.3 Å². The van der Waals surface area contributed by atoms with E-state index in [9.17, 15) is 41.2 Å². The van der Waals surface area contributed by atoms with Crippen LogP contribution in [0.2, 0.25) is 0 Å². The Balaban J connectivity index is 1.06. The molecule has 0 bridgehead atoms. The molecule has 3 aromatic carbocycles. The average Bonchev–Trinajstić information content (AvgIpc) is 3.65. The Morgan fingerprint density at radius 3 is 2.31 bits per heavy atom. The highest BCUT2D eigenvalue weighted by atomic mass is 32.2. The SMILES string of the molecule is Cc1ccc(-c2cc(C(F)(F)F)nn2-c2ccc(S(=O)(=O)NC(=O)OC3CCCN([N+]([O-])=NOCN4C(=O)c5ccccc5C4=O)C3)cc2)cc1. The molecule has 6 rings (SSSR count). The molecule has 1 N–H and O–H groups in total. The molecule has 15 nitrogen and oxygen atoms in total. The third-order valence-corrected chi connectivity index (χ3v) is 9.35. The second kappa shape index (κ2) is 13.7. The molecule has 51 heavy (non-hydrogen) atoms. The van der Waals surface area contributed by atoms with Crippen LogP contribution in [-0.2, 0) is 25.8 Å². The summed E-state index contributed by atoms with van der Waals surface area (Å²) in [6, 6.07) is 18.5. The number of nitrogens with one attached hydrogen (secondary N) is 1. The molecule has 266 valence electrons. The van der Waals surface area contributed by atoms with Crippen LogP contribution >= 0.6 is 0 Å². The van der Waals surface area contributed by atoms with Gasteiger partial charge < -0.3 is 14.8 Å². The molecule has 2 aliphatic rings. The number of ether oxygens (including phenoxy) is 1. The molecule has 2 aliphatic heterocycles. The topological polar surface area (TPSA) is 179 Å². The van der Waals surface area contributed by atoms with Crippen molar-refractivity contribution in [2.24, 2.45) is 5.28 Å². The van der Waals surface area contributed by atoms with Crippen LogP contribution in [0.1, 0.15) is 44.8 Å².